The summed E-state index contributed by atoms with van der Waals surface area (Å²) in [5, 5.41) is 15.2. The highest BCUT2D eigenvalue weighted by atomic mass is 32.1. The molecule has 3 rings (SSSR count). The number of nitrogens with zero attached hydrogens (tertiary/aromatic N) is 5. The van der Waals surface area contributed by atoms with Gasteiger partial charge in [0.25, 0.3) is 5.56 Å². The van der Waals surface area contributed by atoms with Crippen LogP contribution < -0.4 is 5.56 Å². The molecule has 0 aliphatic heterocycles. The summed E-state index contributed by atoms with van der Waals surface area (Å²) < 4.78 is 3.11. The molecule has 24 heavy (non-hydrogen) atoms. The lowest BCUT2D eigenvalue weighted by molar-refractivity contribution is 0.720. The maximum absolute atomic E-state index is 12.1. The molecule has 0 radical (unpaired) electrons. The highest BCUT2D eigenvalue weighted by Gasteiger charge is 2.11. The van der Waals surface area contributed by atoms with Crippen molar-refractivity contribution in [2.75, 3.05) is 0 Å². The Morgan fingerprint density at radius 2 is 1.88 bits per heavy atom. The molecule has 0 aliphatic rings. The molecular formula is C16H16N6OS. The van der Waals surface area contributed by atoms with Crippen LogP contribution >= 0.6 is 12.2 Å². The average molecular weight is 340 g/mol. The van der Waals surface area contributed by atoms with Crippen molar-refractivity contribution in [3.05, 3.63) is 68.1 Å². The van der Waals surface area contributed by atoms with Gasteiger partial charge >= 0.3 is 0 Å². The smallest absolute Gasteiger partial charge is 0.265 e. The van der Waals surface area contributed by atoms with Crippen LogP contribution in [0.2, 0.25) is 0 Å². The van der Waals surface area contributed by atoms with Gasteiger partial charge in [0.15, 0.2) is 0 Å². The SMILES string of the molecule is Cc1nn(-c2ccccc2)c(C)c1/C=N\n1c(=S)[nH]nc(C)c1=O. The quantitative estimate of drug-likeness (QED) is 0.586. The first-order chi connectivity index (χ1) is 11.5. The van der Waals surface area contributed by atoms with Crippen LogP contribution in [0.1, 0.15) is 22.6 Å². The van der Waals surface area contributed by atoms with E-state index in [1.165, 1.54) is 0 Å². The summed E-state index contributed by atoms with van der Waals surface area (Å²) in [6, 6.07) is 9.83. The summed E-state index contributed by atoms with van der Waals surface area (Å²) in [7, 11) is 0. The summed E-state index contributed by atoms with van der Waals surface area (Å²) in [6.45, 7) is 5.45. The van der Waals surface area contributed by atoms with Crippen LogP contribution in [0.25, 0.3) is 5.69 Å². The molecule has 0 unspecified atom stereocenters. The molecule has 0 atom stereocenters. The molecule has 2 heterocycles. The second kappa shape index (κ2) is 6.32. The topological polar surface area (TPSA) is 80.9 Å². The Bertz CT molecular complexity index is 1030. The molecule has 2 aromatic heterocycles. The highest BCUT2D eigenvalue weighted by molar-refractivity contribution is 7.71. The van der Waals surface area contributed by atoms with Crippen LogP contribution in [0.4, 0.5) is 0 Å². The molecule has 1 N–H and O–H groups in total. The second-order valence-electron chi connectivity index (χ2n) is 5.31. The Morgan fingerprint density at radius 1 is 1.17 bits per heavy atom. The minimum absolute atomic E-state index is 0.146. The molecule has 0 aliphatic carbocycles. The zero-order valence-electron chi connectivity index (χ0n) is 13.5. The summed E-state index contributed by atoms with van der Waals surface area (Å²) in [4.78, 5) is 12.1. The fraction of sp³-hybridized carbons (Fsp3) is 0.188. The number of hydrogen-bond acceptors (Lipinski definition) is 5. The van der Waals surface area contributed by atoms with Crippen molar-refractivity contribution >= 4 is 18.4 Å². The molecule has 0 amide bonds. The van der Waals surface area contributed by atoms with E-state index in [-0.39, 0.29) is 10.3 Å². The number of aryl methyl sites for hydroxylation is 2. The van der Waals surface area contributed by atoms with Gasteiger partial charge in [0.2, 0.25) is 4.77 Å². The molecule has 0 spiro atoms. The number of benzene rings is 1. The van der Waals surface area contributed by atoms with Gasteiger partial charge in [-0.05, 0) is 45.1 Å². The van der Waals surface area contributed by atoms with E-state index in [4.69, 9.17) is 12.2 Å². The summed E-state index contributed by atoms with van der Waals surface area (Å²) in [5.41, 5.74) is 3.50. The van der Waals surface area contributed by atoms with Gasteiger partial charge in [0, 0.05) is 5.56 Å². The number of para-hydroxylation sites is 1. The average Bonchev–Trinajstić information content (AvgIpc) is 2.87. The fourth-order valence-corrected chi connectivity index (χ4v) is 2.53. The van der Waals surface area contributed by atoms with Crippen LogP contribution in [-0.2, 0) is 0 Å². The first kappa shape index (κ1) is 16.0. The largest absolute Gasteiger partial charge is 0.296 e. The zero-order valence-corrected chi connectivity index (χ0v) is 14.3. The van der Waals surface area contributed by atoms with Gasteiger partial charge in [0.1, 0.15) is 5.69 Å². The molecule has 0 saturated heterocycles. The molecule has 122 valence electrons. The Morgan fingerprint density at radius 3 is 2.58 bits per heavy atom. The van der Waals surface area contributed by atoms with E-state index < -0.39 is 0 Å². The predicted molar refractivity (Wildman–Crippen MR) is 94.4 cm³/mol. The number of nitrogens with one attached hydrogen (secondary N) is 1. The number of rotatable bonds is 3. The Hall–Kier alpha value is -2.87. The van der Waals surface area contributed by atoms with Crippen molar-refractivity contribution in [1.29, 1.82) is 0 Å². The van der Waals surface area contributed by atoms with Crippen LogP contribution in [0.15, 0.2) is 40.2 Å². The van der Waals surface area contributed by atoms with Gasteiger partial charge in [0.05, 0.1) is 23.3 Å². The summed E-state index contributed by atoms with van der Waals surface area (Å²) in [6.07, 6.45) is 1.60. The molecule has 1 aromatic carbocycles. The molecule has 0 bridgehead atoms. The lowest BCUT2D eigenvalue weighted by atomic mass is 10.2. The standard InChI is InChI=1S/C16H16N6OS/c1-10-14(9-17-22-15(23)11(2)18-19-16(22)24)12(3)21(20-10)13-7-5-4-6-8-13/h4-9H,1-3H3,(H,19,24)/b17-9-. The van der Waals surface area contributed by atoms with Crippen molar-refractivity contribution in [2.24, 2.45) is 5.10 Å². The van der Waals surface area contributed by atoms with Crippen LogP contribution in [0.3, 0.4) is 0 Å². The van der Waals surface area contributed by atoms with Crippen molar-refractivity contribution < 1.29 is 0 Å². The number of hydrogen-bond donors (Lipinski definition) is 1. The van der Waals surface area contributed by atoms with E-state index in [1.807, 2.05) is 48.9 Å². The Kier molecular flexibility index (Phi) is 4.22. The third kappa shape index (κ3) is 2.83. The van der Waals surface area contributed by atoms with Gasteiger partial charge in [-0.1, -0.05) is 18.2 Å². The molecule has 7 nitrogen and oxygen atoms in total. The van der Waals surface area contributed by atoms with Crippen LogP contribution in [-0.4, -0.2) is 30.9 Å². The Labute approximate surface area is 143 Å². The summed E-state index contributed by atoms with van der Waals surface area (Å²) >= 11 is 5.07. The van der Waals surface area contributed by atoms with Crippen LogP contribution in [0, 0.1) is 25.5 Å². The van der Waals surface area contributed by atoms with Gasteiger partial charge in [-0.25, -0.2) is 4.68 Å². The maximum atomic E-state index is 12.1. The third-order valence-corrected chi connectivity index (χ3v) is 3.93. The van der Waals surface area contributed by atoms with Gasteiger partial charge in [-0.15, -0.1) is 0 Å². The van der Waals surface area contributed by atoms with Crippen molar-refractivity contribution in [1.82, 2.24) is 24.7 Å². The first-order valence-corrected chi connectivity index (χ1v) is 7.74. The van der Waals surface area contributed by atoms with Crippen LogP contribution in [0.5, 0.6) is 0 Å². The number of aromatic amines is 1. The summed E-state index contributed by atoms with van der Waals surface area (Å²) in [5.74, 6) is 0. The highest BCUT2D eigenvalue weighted by Crippen LogP contribution is 2.16. The molecular weight excluding hydrogens is 324 g/mol. The van der Waals surface area contributed by atoms with E-state index in [0.717, 1.165) is 27.3 Å². The Balaban J connectivity index is 2.07. The lowest BCUT2D eigenvalue weighted by Gasteiger charge is -2.03. The van der Waals surface area contributed by atoms with E-state index >= 15 is 0 Å². The third-order valence-electron chi connectivity index (χ3n) is 3.66. The molecule has 0 saturated carbocycles. The normalized spacial score (nSPS) is 11.3. The van der Waals surface area contributed by atoms with Gasteiger partial charge in [-0.3, -0.25) is 9.89 Å². The number of H-pyrrole nitrogens is 1. The predicted octanol–water partition coefficient (Wildman–Crippen LogP) is 2.29. The fourth-order valence-electron chi connectivity index (χ4n) is 2.35. The minimum Gasteiger partial charge on any atom is -0.265 e. The van der Waals surface area contributed by atoms with Gasteiger partial charge in [-0.2, -0.15) is 20.0 Å². The van der Waals surface area contributed by atoms with E-state index in [1.54, 1.807) is 13.1 Å². The zero-order chi connectivity index (χ0) is 17.3. The lowest BCUT2D eigenvalue weighted by Crippen LogP contribution is -2.22. The maximum Gasteiger partial charge on any atom is 0.296 e. The molecule has 8 heteroatoms. The second-order valence-corrected chi connectivity index (χ2v) is 5.69. The molecule has 0 fully saturated rings. The minimum atomic E-state index is -0.347. The number of aromatic nitrogens is 5. The molecule has 3 aromatic rings. The van der Waals surface area contributed by atoms with Crippen molar-refractivity contribution in [2.45, 2.75) is 20.8 Å². The van der Waals surface area contributed by atoms with Crippen molar-refractivity contribution in [3.8, 4) is 5.69 Å². The van der Waals surface area contributed by atoms with E-state index in [9.17, 15) is 4.79 Å². The van der Waals surface area contributed by atoms with Gasteiger partial charge < -0.3 is 0 Å². The first-order valence-electron chi connectivity index (χ1n) is 7.33. The monoisotopic (exact) mass is 340 g/mol. The van der Waals surface area contributed by atoms with Crippen molar-refractivity contribution in [3.63, 3.8) is 0 Å². The van der Waals surface area contributed by atoms with E-state index in [2.05, 4.69) is 20.4 Å². The van der Waals surface area contributed by atoms with E-state index in [0.29, 0.717) is 5.69 Å².